The van der Waals surface area contributed by atoms with Crippen LogP contribution in [0.25, 0.3) is 0 Å². The lowest BCUT2D eigenvalue weighted by atomic mass is 10.0. The zero-order chi connectivity index (χ0) is 18.8. The maximum absolute atomic E-state index is 12.3. The number of hydrogen-bond acceptors (Lipinski definition) is 5. The van der Waals surface area contributed by atoms with Crippen molar-refractivity contribution in [1.29, 1.82) is 0 Å². The number of hydrogen-bond donors (Lipinski definition) is 1. The van der Waals surface area contributed by atoms with E-state index in [9.17, 15) is 9.59 Å². The molecule has 2 rings (SSSR count). The van der Waals surface area contributed by atoms with Gasteiger partial charge in [0.05, 0.1) is 13.7 Å². The summed E-state index contributed by atoms with van der Waals surface area (Å²) in [5, 5.41) is 3.16. The van der Waals surface area contributed by atoms with E-state index in [2.05, 4.69) is 5.32 Å². The number of rotatable bonds is 10. The summed E-state index contributed by atoms with van der Waals surface area (Å²) in [5.41, 5.74) is 1.67. The summed E-state index contributed by atoms with van der Waals surface area (Å²) in [7, 11) is 1.59. The first kappa shape index (κ1) is 19.7. The average Bonchev–Trinajstić information content (AvgIpc) is 2.68. The molecule has 0 heterocycles. The normalized spacial score (nSPS) is 11.6. The Balaban J connectivity index is 1.90. The van der Waals surface area contributed by atoms with Crippen molar-refractivity contribution in [1.82, 2.24) is 5.32 Å². The standard InChI is InChI=1S/C21H25NO4/c1-3-26-21(24)19(15-16-7-5-4-6-8-16)22-14-13-20(23)17-9-11-18(25-2)12-10-17/h4-12,19,22H,3,13-15H2,1-2H3. The number of esters is 1. The van der Waals surface area contributed by atoms with E-state index < -0.39 is 6.04 Å². The molecule has 0 saturated heterocycles. The number of benzene rings is 2. The highest BCUT2D eigenvalue weighted by Gasteiger charge is 2.20. The summed E-state index contributed by atoms with van der Waals surface area (Å²) in [6, 6.07) is 16.3. The van der Waals surface area contributed by atoms with Crippen LogP contribution in [0.3, 0.4) is 0 Å². The molecule has 5 nitrogen and oxygen atoms in total. The molecule has 2 aromatic carbocycles. The Bertz CT molecular complexity index is 698. The second-order valence-corrected chi connectivity index (χ2v) is 5.85. The Kier molecular flexibility index (Phi) is 7.83. The molecule has 1 N–H and O–H groups in total. The van der Waals surface area contributed by atoms with Gasteiger partial charge >= 0.3 is 5.97 Å². The van der Waals surface area contributed by atoms with Crippen LogP contribution in [0.4, 0.5) is 0 Å². The summed E-state index contributed by atoms with van der Waals surface area (Å²) < 4.78 is 10.2. The Labute approximate surface area is 154 Å². The minimum absolute atomic E-state index is 0.0162. The maximum atomic E-state index is 12.3. The molecule has 5 heteroatoms. The minimum Gasteiger partial charge on any atom is -0.497 e. The number of carbonyl (C=O) groups is 2. The summed E-state index contributed by atoms with van der Waals surface area (Å²) >= 11 is 0. The largest absolute Gasteiger partial charge is 0.497 e. The fourth-order valence-corrected chi connectivity index (χ4v) is 2.61. The summed E-state index contributed by atoms with van der Waals surface area (Å²) in [6.07, 6.45) is 0.827. The van der Waals surface area contributed by atoms with Crippen LogP contribution < -0.4 is 10.1 Å². The van der Waals surface area contributed by atoms with Gasteiger partial charge in [0.15, 0.2) is 5.78 Å². The number of carbonyl (C=O) groups excluding carboxylic acids is 2. The quantitative estimate of drug-likeness (QED) is 0.524. The molecule has 0 radical (unpaired) electrons. The molecule has 2 aromatic rings. The molecule has 0 aromatic heterocycles. The highest BCUT2D eigenvalue weighted by molar-refractivity contribution is 5.96. The van der Waals surface area contributed by atoms with Crippen LogP contribution in [0.5, 0.6) is 5.75 Å². The van der Waals surface area contributed by atoms with E-state index in [0.29, 0.717) is 37.3 Å². The average molecular weight is 355 g/mol. The van der Waals surface area contributed by atoms with Gasteiger partial charge in [-0.3, -0.25) is 9.59 Å². The minimum atomic E-state index is -0.471. The van der Waals surface area contributed by atoms with Gasteiger partial charge in [-0.05, 0) is 43.2 Å². The summed E-state index contributed by atoms with van der Waals surface area (Å²) in [6.45, 7) is 2.52. The fraction of sp³-hybridized carbons (Fsp3) is 0.333. The van der Waals surface area contributed by atoms with Crippen LogP contribution in [-0.2, 0) is 16.0 Å². The van der Waals surface area contributed by atoms with Crippen LogP contribution in [0.1, 0.15) is 29.3 Å². The van der Waals surface area contributed by atoms with Crippen molar-refractivity contribution in [2.24, 2.45) is 0 Å². The van der Waals surface area contributed by atoms with Crippen molar-refractivity contribution in [2.45, 2.75) is 25.8 Å². The van der Waals surface area contributed by atoms with Crippen LogP contribution in [0, 0.1) is 0 Å². The van der Waals surface area contributed by atoms with E-state index >= 15 is 0 Å². The third-order valence-electron chi connectivity index (χ3n) is 4.01. The van der Waals surface area contributed by atoms with Gasteiger partial charge in [-0.2, -0.15) is 0 Å². The van der Waals surface area contributed by atoms with E-state index in [1.807, 2.05) is 30.3 Å². The van der Waals surface area contributed by atoms with E-state index in [0.717, 1.165) is 5.56 Å². The number of ether oxygens (including phenoxy) is 2. The van der Waals surface area contributed by atoms with Gasteiger partial charge in [0.25, 0.3) is 0 Å². The van der Waals surface area contributed by atoms with Gasteiger partial charge < -0.3 is 14.8 Å². The molecule has 0 spiro atoms. The fourth-order valence-electron chi connectivity index (χ4n) is 2.61. The van der Waals surface area contributed by atoms with Crippen molar-refractivity contribution in [3.63, 3.8) is 0 Å². The zero-order valence-electron chi connectivity index (χ0n) is 15.2. The predicted octanol–water partition coefficient (Wildman–Crippen LogP) is 3.03. The van der Waals surface area contributed by atoms with Crippen molar-refractivity contribution in [3.05, 3.63) is 65.7 Å². The third-order valence-corrected chi connectivity index (χ3v) is 4.01. The lowest BCUT2D eigenvalue weighted by molar-refractivity contribution is -0.145. The van der Waals surface area contributed by atoms with Gasteiger partial charge in [-0.1, -0.05) is 30.3 Å². The summed E-state index contributed by atoms with van der Waals surface area (Å²) in [4.78, 5) is 24.5. The molecule has 0 amide bonds. The molecule has 0 fully saturated rings. The highest BCUT2D eigenvalue weighted by Crippen LogP contribution is 2.12. The van der Waals surface area contributed by atoms with Crippen molar-refractivity contribution >= 4 is 11.8 Å². The van der Waals surface area contributed by atoms with Crippen molar-refractivity contribution in [2.75, 3.05) is 20.3 Å². The molecular weight excluding hydrogens is 330 g/mol. The zero-order valence-corrected chi connectivity index (χ0v) is 15.2. The van der Waals surface area contributed by atoms with Gasteiger partial charge in [0, 0.05) is 18.5 Å². The first-order valence-corrected chi connectivity index (χ1v) is 8.75. The first-order valence-electron chi connectivity index (χ1n) is 8.75. The van der Waals surface area contributed by atoms with E-state index in [4.69, 9.17) is 9.47 Å². The third kappa shape index (κ3) is 6.01. The molecule has 0 aliphatic heterocycles. The Morgan fingerprint density at radius 2 is 1.73 bits per heavy atom. The van der Waals surface area contributed by atoms with Crippen LogP contribution in [0.2, 0.25) is 0 Å². The predicted molar refractivity (Wildman–Crippen MR) is 101 cm³/mol. The maximum Gasteiger partial charge on any atom is 0.323 e. The van der Waals surface area contributed by atoms with Gasteiger partial charge in [0.2, 0.25) is 0 Å². The number of Topliss-reactive ketones (excluding diaryl/α,β-unsaturated/α-hetero) is 1. The second kappa shape index (κ2) is 10.4. The molecule has 1 atom stereocenters. The van der Waals surface area contributed by atoms with Crippen LogP contribution in [0.15, 0.2) is 54.6 Å². The second-order valence-electron chi connectivity index (χ2n) is 5.85. The smallest absolute Gasteiger partial charge is 0.323 e. The Morgan fingerprint density at radius 3 is 2.35 bits per heavy atom. The highest BCUT2D eigenvalue weighted by atomic mass is 16.5. The molecule has 0 saturated carbocycles. The number of nitrogens with one attached hydrogen (secondary N) is 1. The lowest BCUT2D eigenvalue weighted by Gasteiger charge is -2.17. The molecule has 0 aliphatic carbocycles. The monoisotopic (exact) mass is 355 g/mol. The topological polar surface area (TPSA) is 64.6 Å². The van der Waals surface area contributed by atoms with Crippen LogP contribution >= 0.6 is 0 Å². The Morgan fingerprint density at radius 1 is 1.04 bits per heavy atom. The molecule has 0 aliphatic rings. The van der Waals surface area contributed by atoms with Crippen LogP contribution in [-0.4, -0.2) is 38.1 Å². The molecule has 26 heavy (non-hydrogen) atoms. The van der Waals surface area contributed by atoms with E-state index in [-0.39, 0.29) is 11.8 Å². The van der Waals surface area contributed by atoms with E-state index in [1.165, 1.54) is 0 Å². The lowest BCUT2D eigenvalue weighted by Crippen LogP contribution is -2.40. The van der Waals surface area contributed by atoms with E-state index in [1.54, 1.807) is 38.3 Å². The van der Waals surface area contributed by atoms with Gasteiger partial charge in [0.1, 0.15) is 11.8 Å². The van der Waals surface area contributed by atoms with Gasteiger partial charge in [-0.15, -0.1) is 0 Å². The van der Waals surface area contributed by atoms with Crippen molar-refractivity contribution < 1.29 is 19.1 Å². The molecule has 1 unspecified atom stereocenters. The molecular formula is C21H25NO4. The SMILES string of the molecule is CCOC(=O)C(Cc1ccccc1)NCCC(=O)c1ccc(OC)cc1. The van der Waals surface area contributed by atoms with Crippen molar-refractivity contribution in [3.8, 4) is 5.75 Å². The number of methoxy groups -OCH3 is 1. The Hall–Kier alpha value is -2.66. The number of ketones is 1. The summed E-state index contributed by atoms with van der Waals surface area (Å²) in [5.74, 6) is 0.431. The molecule has 138 valence electrons. The molecule has 0 bridgehead atoms. The first-order chi connectivity index (χ1) is 12.6. The van der Waals surface area contributed by atoms with Gasteiger partial charge in [-0.25, -0.2) is 0 Å².